The Hall–Kier alpha value is -2.51. The van der Waals surface area contributed by atoms with Gasteiger partial charge < -0.3 is 14.6 Å². The summed E-state index contributed by atoms with van der Waals surface area (Å²) >= 11 is 0. The number of likely N-dealkylation sites (tertiary alicyclic amines) is 2. The summed E-state index contributed by atoms with van der Waals surface area (Å²) in [6, 6.07) is 12.3. The lowest BCUT2D eigenvalue weighted by atomic mass is 9.80. The molecular formula is C27H34FN3O3. The van der Waals surface area contributed by atoms with E-state index in [1.54, 1.807) is 6.07 Å². The number of hydrogen-bond acceptors (Lipinski definition) is 4. The average molecular weight is 468 g/mol. The molecule has 34 heavy (non-hydrogen) atoms. The Morgan fingerprint density at radius 1 is 1.00 bits per heavy atom. The molecule has 3 aliphatic heterocycles. The van der Waals surface area contributed by atoms with Gasteiger partial charge in [-0.2, -0.15) is 0 Å². The predicted octanol–water partition coefficient (Wildman–Crippen LogP) is 3.41. The lowest BCUT2D eigenvalue weighted by molar-refractivity contribution is -0.139. The van der Waals surface area contributed by atoms with Crippen LogP contribution in [0.15, 0.2) is 47.3 Å². The molecule has 2 fully saturated rings. The minimum absolute atomic E-state index is 0.112. The number of pyridine rings is 1. The van der Waals surface area contributed by atoms with Crippen molar-refractivity contribution in [3.63, 3.8) is 0 Å². The Morgan fingerprint density at radius 2 is 1.82 bits per heavy atom. The van der Waals surface area contributed by atoms with Crippen LogP contribution in [-0.4, -0.2) is 58.2 Å². The van der Waals surface area contributed by atoms with Gasteiger partial charge in [0.2, 0.25) is 0 Å². The molecule has 6 nitrogen and oxygen atoms in total. The Morgan fingerprint density at radius 3 is 2.62 bits per heavy atom. The third-order valence-corrected chi connectivity index (χ3v) is 8.10. The summed E-state index contributed by atoms with van der Waals surface area (Å²) in [4.78, 5) is 28.7. The van der Waals surface area contributed by atoms with Crippen molar-refractivity contribution in [3.8, 4) is 0 Å². The SMILES string of the molecule is O=C(O)CC1CCN(Cc2ccc(F)cc2)CC1CCN1CC2CC(C1)c1cccc(=O)n1C2. The van der Waals surface area contributed by atoms with Crippen LogP contribution in [0.3, 0.4) is 0 Å². The van der Waals surface area contributed by atoms with Crippen LogP contribution in [0.2, 0.25) is 0 Å². The van der Waals surface area contributed by atoms with Crippen LogP contribution >= 0.6 is 0 Å². The molecule has 0 spiro atoms. The van der Waals surface area contributed by atoms with E-state index < -0.39 is 5.97 Å². The van der Waals surface area contributed by atoms with Gasteiger partial charge in [-0.15, -0.1) is 0 Å². The van der Waals surface area contributed by atoms with Crippen molar-refractivity contribution in [2.45, 2.75) is 44.7 Å². The average Bonchev–Trinajstić information content (AvgIpc) is 2.81. The second-order valence-electron chi connectivity index (χ2n) is 10.5. The van der Waals surface area contributed by atoms with Crippen molar-refractivity contribution in [2.24, 2.45) is 17.8 Å². The number of carbonyl (C=O) groups is 1. The Labute approximate surface area is 200 Å². The van der Waals surface area contributed by atoms with Gasteiger partial charge in [0.15, 0.2) is 0 Å². The first-order valence-electron chi connectivity index (χ1n) is 12.6. The van der Waals surface area contributed by atoms with Crippen molar-refractivity contribution >= 4 is 5.97 Å². The van der Waals surface area contributed by atoms with Gasteiger partial charge in [-0.05, 0) is 73.9 Å². The van der Waals surface area contributed by atoms with E-state index in [9.17, 15) is 19.1 Å². The Balaban J connectivity index is 1.22. The molecule has 4 heterocycles. The molecule has 2 bridgehead atoms. The van der Waals surface area contributed by atoms with Gasteiger partial charge in [-0.1, -0.05) is 18.2 Å². The van der Waals surface area contributed by atoms with Gasteiger partial charge >= 0.3 is 5.97 Å². The zero-order chi connectivity index (χ0) is 23.7. The maximum absolute atomic E-state index is 13.3. The fourth-order valence-electron chi connectivity index (χ4n) is 6.49. The van der Waals surface area contributed by atoms with E-state index in [0.717, 1.165) is 70.6 Å². The molecule has 2 saturated heterocycles. The topological polar surface area (TPSA) is 65.8 Å². The summed E-state index contributed by atoms with van der Waals surface area (Å²) in [6.45, 7) is 6.28. The highest BCUT2D eigenvalue weighted by atomic mass is 19.1. The fourth-order valence-corrected chi connectivity index (χ4v) is 6.49. The highest BCUT2D eigenvalue weighted by Gasteiger charge is 2.36. The number of aromatic nitrogens is 1. The number of nitrogens with zero attached hydrogens (tertiary/aromatic N) is 3. The van der Waals surface area contributed by atoms with Gasteiger partial charge in [-0.25, -0.2) is 4.39 Å². The number of carboxylic acid groups (broad SMARTS) is 1. The van der Waals surface area contributed by atoms with E-state index in [2.05, 4.69) is 15.9 Å². The van der Waals surface area contributed by atoms with Gasteiger partial charge in [0.1, 0.15) is 5.82 Å². The fraction of sp³-hybridized carbons (Fsp3) is 0.556. The first-order valence-corrected chi connectivity index (χ1v) is 12.6. The van der Waals surface area contributed by atoms with Crippen LogP contribution in [0.4, 0.5) is 4.39 Å². The number of hydrogen-bond donors (Lipinski definition) is 1. The minimum atomic E-state index is -0.712. The van der Waals surface area contributed by atoms with Gasteiger partial charge in [-0.3, -0.25) is 14.5 Å². The minimum Gasteiger partial charge on any atom is -0.481 e. The molecule has 7 heteroatoms. The molecule has 0 aliphatic carbocycles. The summed E-state index contributed by atoms with van der Waals surface area (Å²) < 4.78 is 15.2. The summed E-state index contributed by atoms with van der Waals surface area (Å²) in [5.74, 6) is 0.504. The summed E-state index contributed by atoms with van der Waals surface area (Å²) in [5, 5.41) is 9.46. The highest BCUT2D eigenvalue weighted by molar-refractivity contribution is 5.67. The maximum atomic E-state index is 13.3. The molecule has 3 aliphatic rings. The Kier molecular flexibility index (Phi) is 6.84. The van der Waals surface area contributed by atoms with Gasteiger partial charge in [0, 0.05) is 56.8 Å². The summed E-state index contributed by atoms with van der Waals surface area (Å²) in [5.41, 5.74) is 2.37. The highest BCUT2D eigenvalue weighted by Crippen LogP contribution is 2.36. The lowest BCUT2D eigenvalue weighted by Gasteiger charge is -2.44. The zero-order valence-electron chi connectivity index (χ0n) is 19.6. The zero-order valence-corrected chi connectivity index (χ0v) is 19.6. The van der Waals surface area contributed by atoms with Crippen LogP contribution in [0.1, 0.15) is 42.9 Å². The van der Waals surface area contributed by atoms with Gasteiger partial charge in [0.05, 0.1) is 0 Å². The molecule has 182 valence electrons. The molecule has 4 atom stereocenters. The van der Waals surface area contributed by atoms with Crippen molar-refractivity contribution in [1.82, 2.24) is 14.4 Å². The van der Waals surface area contributed by atoms with Crippen LogP contribution in [0.5, 0.6) is 0 Å². The molecule has 1 aromatic carbocycles. The standard InChI is InChI=1S/C27H34FN3O3/c28-24-6-4-19(5-7-24)14-29-10-8-21(13-27(33)34)22(17-29)9-11-30-15-20-12-23(18-30)25-2-1-3-26(32)31(25)16-20/h1-7,20-23H,8-18H2,(H,33,34). The molecule has 1 aromatic heterocycles. The van der Waals surface area contributed by atoms with E-state index in [0.29, 0.717) is 17.8 Å². The first-order chi connectivity index (χ1) is 16.4. The van der Waals surface area contributed by atoms with Crippen LogP contribution in [0, 0.1) is 23.6 Å². The van der Waals surface area contributed by atoms with Crippen molar-refractivity contribution in [3.05, 3.63) is 69.9 Å². The van der Waals surface area contributed by atoms with Crippen molar-refractivity contribution in [1.29, 1.82) is 0 Å². The van der Waals surface area contributed by atoms with E-state index in [4.69, 9.17) is 0 Å². The number of piperidine rings is 2. The Bertz CT molecular complexity index is 1070. The predicted molar refractivity (Wildman–Crippen MR) is 128 cm³/mol. The first kappa shape index (κ1) is 23.2. The maximum Gasteiger partial charge on any atom is 0.303 e. The molecule has 5 rings (SSSR count). The van der Waals surface area contributed by atoms with Crippen molar-refractivity contribution < 1.29 is 14.3 Å². The number of halogens is 1. The molecule has 0 amide bonds. The van der Waals surface area contributed by atoms with Crippen LogP contribution in [0.25, 0.3) is 0 Å². The van der Waals surface area contributed by atoms with Crippen LogP contribution in [-0.2, 0) is 17.9 Å². The molecule has 1 N–H and O–H groups in total. The molecule has 4 unspecified atom stereocenters. The van der Waals surface area contributed by atoms with E-state index in [1.165, 1.54) is 17.8 Å². The number of rotatable bonds is 7. The monoisotopic (exact) mass is 467 g/mol. The largest absolute Gasteiger partial charge is 0.481 e. The van der Waals surface area contributed by atoms with E-state index in [-0.39, 0.29) is 23.7 Å². The number of carboxylic acids is 1. The molecule has 0 saturated carbocycles. The van der Waals surface area contributed by atoms with Crippen molar-refractivity contribution in [2.75, 3.05) is 32.7 Å². The molecular weight excluding hydrogens is 433 g/mol. The second kappa shape index (κ2) is 10.0. The van der Waals surface area contributed by atoms with Crippen LogP contribution < -0.4 is 5.56 Å². The van der Waals surface area contributed by atoms with E-state index in [1.807, 2.05) is 22.8 Å². The number of benzene rings is 1. The quantitative estimate of drug-likeness (QED) is 0.676. The second-order valence-corrected chi connectivity index (χ2v) is 10.5. The third kappa shape index (κ3) is 5.26. The van der Waals surface area contributed by atoms with Gasteiger partial charge in [0.25, 0.3) is 5.56 Å². The normalized spacial score (nSPS) is 27.3. The summed E-state index contributed by atoms with van der Waals surface area (Å²) in [6.07, 6.45) is 3.26. The molecule has 2 aromatic rings. The third-order valence-electron chi connectivity index (χ3n) is 8.10. The lowest BCUT2D eigenvalue weighted by Crippen LogP contribution is -2.48. The summed E-state index contributed by atoms with van der Waals surface area (Å²) in [7, 11) is 0. The number of aliphatic carboxylic acids is 1. The smallest absolute Gasteiger partial charge is 0.303 e. The van der Waals surface area contributed by atoms with E-state index >= 15 is 0 Å². The number of fused-ring (bicyclic) bond motifs is 4. The molecule has 0 radical (unpaired) electrons.